The molecule has 1 aromatic carbocycles. The van der Waals surface area contributed by atoms with Gasteiger partial charge in [0, 0.05) is 30.7 Å². The second kappa shape index (κ2) is 6.38. The summed E-state index contributed by atoms with van der Waals surface area (Å²) in [6.45, 7) is 4.83. The molecule has 0 heterocycles. The number of hydrogen-bond donors (Lipinski definition) is 1. The largest absolute Gasteiger partial charge is 0.383 e. The van der Waals surface area contributed by atoms with Gasteiger partial charge in [0.1, 0.15) is 0 Å². The van der Waals surface area contributed by atoms with E-state index in [1.54, 1.807) is 7.11 Å². The Hall–Kier alpha value is -0.580. The lowest BCUT2D eigenvalue weighted by molar-refractivity contribution is 0.183. The standard InChI is InChI=1S/C13H21BrN2O/c1-9(8-17-4)16(3)13-6-5-11(10(2)15)7-12(13)14/h5-7,9-10H,8,15H2,1-4H3/t9?,10-/m1/s1. The molecule has 0 aliphatic carbocycles. The first-order valence-electron chi connectivity index (χ1n) is 5.74. The van der Waals surface area contributed by atoms with Crippen LogP contribution in [0, 0.1) is 0 Å². The van der Waals surface area contributed by atoms with Crippen LogP contribution in [0.3, 0.4) is 0 Å². The molecule has 1 aromatic rings. The fourth-order valence-electron chi connectivity index (χ4n) is 1.68. The summed E-state index contributed by atoms with van der Waals surface area (Å²) < 4.78 is 6.24. The van der Waals surface area contributed by atoms with Gasteiger partial charge in [0.25, 0.3) is 0 Å². The minimum Gasteiger partial charge on any atom is -0.383 e. The highest BCUT2D eigenvalue weighted by Crippen LogP contribution is 2.29. The van der Waals surface area contributed by atoms with E-state index in [0.29, 0.717) is 12.6 Å². The Balaban J connectivity index is 2.91. The van der Waals surface area contributed by atoms with E-state index in [9.17, 15) is 0 Å². The lowest BCUT2D eigenvalue weighted by Gasteiger charge is -2.27. The van der Waals surface area contributed by atoms with Gasteiger partial charge in [-0.3, -0.25) is 0 Å². The molecule has 1 unspecified atom stereocenters. The van der Waals surface area contributed by atoms with Crippen LogP contribution in [0.5, 0.6) is 0 Å². The molecule has 1 rings (SSSR count). The van der Waals surface area contributed by atoms with E-state index in [0.717, 1.165) is 15.7 Å². The average Bonchev–Trinajstić information content (AvgIpc) is 2.28. The second-order valence-electron chi connectivity index (χ2n) is 4.41. The van der Waals surface area contributed by atoms with Crippen molar-refractivity contribution in [2.24, 2.45) is 5.73 Å². The molecule has 0 aliphatic heterocycles. The van der Waals surface area contributed by atoms with Crippen LogP contribution in [0.2, 0.25) is 0 Å². The zero-order valence-electron chi connectivity index (χ0n) is 10.9. The number of likely N-dealkylation sites (N-methyl/N-ethyl adjacent to an activating group) is 1. The van der Waals surface area contributed by atoms with Crippen molar-refractivity contribution in [2.75, 3.05) is 25.7 Å². The van der Waals surface area contributed by atoms with Gasteiger partial charge in [0.15, 0.2) is 0 Å². The Bertz CT molecular complexity index is 368. The second-order valence-corrected chi connectivity index (χ2v) is 5.27. The third-order valence-corrected chi connectivity index (χ3v) is 3.58. The molecule has 0 radical (unpaired) electrons. The van der Waals surface area contributed by atoms with Crippen molar-refractivity contribution in [3.05, 3.63) is 28.2 Å². The maximum Gasteiger partial charge on any atom is 0.0663 e. The molecule has 0 saturated carbocycles. The van der Waals surface area contributed by atoms with Crippen LogP contribution in [0.25, 0.3) is 0 Å². The predicted molar refractivity (Wildman–Crippen MR) is 76.5 cm³/mol. The van der Waals surface area contributed by atoms with E-state index in [1.165, 1.54) is 0 Å². The first-order chi connectivity index (χ1) is 7.97. The number of methoxy groups -OCH3 is 1. The summed E-state index contributed by atoms with van der Waals surface area (Å²) in [6, 6.07) is 6.63. The van der Waals surface area contributed by atoms with Crippen LogP contribution in [-0.4, -0.2) is 26.8 Å². The molecular formula is C13H21BrN2O. The minimum absolute atomic E-state index is 0.0575. The summed E-state index contributed by atoms with van der Waals surface area (Å²) in [6.07, 6.45) is 0. The summed E-state index contributed by atoms with van der Waals surface area (Å²) >= 11 is 3.60. The lowest BCUT2D eigenvalue weighted by atomic mass is 10.1. The van der Waals surface area contributed by atoms with Crippen molar-refractivity contribution < 1.29 is 4.74 Å². The van der Waals surface area contributed by atoms with E-state index >= 15 is 0 Å². The van der Waals surface area contributed by atoms with Gasteiger partial charge in [-0.05, 0) is 47.5 Å². The zero-order valence-corrected chi connectivity index (χ0v) is 12.5. The number of rotatable bonds is 5. The molecule has 0 aliphatic rings. The topological polar surface area (TPSA) is 38.5 Å². The number of nitrogens with zero attached hydrogens (tertiary/aromatic N) is 1. The van der Waals surface area contributed by atoms with Crippen molar-refractivity contribution in [3.8, 4) is 0 Å². The Morgan fingerprint density at radius 1 is 1.41 bits per heavy atom. The molecule has 0 spiro atoms. The summed E-state index contributed by atoms with van der Waals surface area (Å²) in [4.78, 5) is 2.19. The Kier molecular flexibility index (Phi) is 5.43. The quantitative estimate of drug-likeness (QED) is 0.909. The SMILES string of the molecule is COCC(C)N(C)c1ccc([C@@H](C)N)cc1Br. The van der Waals surface area contributed by atoms with Crippen LogP contribution < -0.4 is 10.6 Å². The van der Waals surface area contributed by atoms with Gasteiger partial charge in [-0.25, -0.2) is 0 Å². The van der Waals surface area contributed by atoms with Gasteiger partial charge in [0.2, 0.25) is 0 Å². The predicted octanol–water partition coefficient (Wildman–Crippen LogP) is 2.94. The molecular weight excluding hydrogens is 280 g/mol. The smallest absolute Gasteiger partial charge is 0.0663 e. The van der Waals surface area contributed by atoms with E-state index in [-0.39, 0.29) is 6.04 Å². The van der Waals surface area contributed by atoms with Crippen molar-refractivity contribution >= 4 is 21.6 Å². The third-order valence-electron chi connectivity index (χ3n) is 2.95. The summed E-state index contributed by atoms with van der Waals surface area (Å²) in [5.41, 5.74) is 8.15. The zero-order chi connectivity index (χ0) is 13.0. The van der Waals surface area contributed by atoms with Gasteiger partial charge in [-0.15, -0.1) is 0 Å². The number of hydrogen-bond acceptors (Lipinski definition) is 3. The van der Waals surface area contributed by atoms with Gasteiger partial charge in [-0.1, -0.05) is 6.07 Å². The fraction of sp³-hybridized carbons (Fsp3) is 0.538. The maximum atomic E-state index is 5.86. The minimum atomic E-state index is 0.0575. The van der Waals surface area contributed by atoms with Gasteiger partial charge in [0.05, 0.1) is 12.3 Å². The molecule has 0 saturated heterocycles. The number of anilines is 1. The molecule has 4 heteroatoms. The van der Waals surface area contributed by atoms with E-state index in [4.69, 9.17) is 10.5 Å². The third kappa shape index (κ3) is 3.69. The van der Waals surface area contributed by atoms with Crippen LogP contribution in [0.1, 0.15) is 25.5 Å². The van der Waals surface area contributed by atoms with Gasteiger partial charge >= 0.3 is 0 Å². The Labute approximate surface area is 112 Å². The number of benzene rings is 1. The van der Waals surface area contributed by atoms with E-state index in [1.807, 2.05) is 6.92 Å². The molecule has 0 fully saturated rings. The number of ether oxygens (including phenoxy) is 1. The van der Waals surface area contributed by atoms with Crippen LogP contribution in [0.4, 0.5) is 5.69 Å². The highest BCUT2D eigenvalue weighted by atomic mass is 79.9. The highest BCUT2D eigenvalue weighted by molar-refractivity contribution is 9.10. The molecule has 0 aromatic heterocycles. The maximum absolute atomic E-state index is 5.86. The number of nitrogens with two attached hydrogens (primary N) is 1. The van der Waals surface area contributed by atoms with E-state index < -0.39 is 0 Å². The highest BCUT2D eigenvalue weighted by Gasteiger charge is 2.13. The average molecular weight is 301 g/mol. The van der Waals surface area contributed by atoms with E-state index in [2.05, 4.69) is 53.0 Å². The van der Waals surface area contributed by atoms with Crippen LogP contribution in [-0.2, 0) is 4.74 Å². The van der Waals surface area contributed by atoms with Crippen LogP contribution >= 0.6 is 15.9 Å². The Morgan fingerprint density at radius 3 is 2.53 bits per heavy atom. The molecule has 2 atom stereocenters. The molecule has 3 nitrogen and oxygen atoms in total. The molecule has 2 N–H and O–H groups in total. The summed E-state index contributed by atoms with van der Waals surface area (Å²) in [7, 11) is 3.79. The molecule has 17 heavy (non-hydrogen) atoms. The monoisotopic (exact) mass is 300 g/mol. The fourth-order valence-corrected chi connectivity index (χ4v) is 2.36. The lowest BCUT2D eigenvalue weighted by Crippen LogP contribution is -2.32. The number of halogens is 1. The normalized spacial score (nSPS) is 14.5. The van der Waals surface area contributed by atoms with Crippen molar-refractivity contribution in [1.82, 2.24) is 0 Å². The van der Waals surface area contributed by atoms with Gasteiger partial charge in [-0.2, -0.15) is 0 Å². The first kappa shape index (κ1) is 14.5. The molecule has 0 amide bonds. The Morgan fingerprint density at radius 2 is 2.06 bits per heavy atom. The molecule has 96 valence electrons. The summed E-state index contributed by atoms with van der Waals surface area (Å²) in [5, 5.41) is 0. The van der Waals surface area contributed by atoms with Gasteiger partial charge < -0.3 is 15.4 Å². The van der Waals surface area contributed by atoms with Crippen LogP contribution in [0.15, 0.2) is 22.7 Å². The summed E-state index contributed by atoms with van der Waals surface area (Å²) in [5.74, 6) is 0. The van der Waals surface area contributed by atoms with Crippen molar-refractivity contribution in [2.45, 2.75) is 25.9 Å². The van der Waals surface area contributed by atoms with Crippen molar-refractivity contribution in [1.29, 1.82) is 0 Å². The first-order valence-corrected chi connectivity index (χ1v) is 6.53. The molecule has 0 bridgehead atoms. The van der Waals surface area contributed by atoms with Crippen molar-refractivity contribution in [3.63, 3.8) is 0 Å².